The number of aromatic nitrogens is 1. The first-order valence-corrected chi connectivity index (χ1v) is 12.0. The van der Waals surface area contributed by atoms with E-state index in [9.17, 15) is 9.59 Å². The average Bonchev–Trinajstić information content (AvgIpc) is 3.27. The molecule has 0 bridgehead atoms. The number of fused-ring (bicyclic) bond motifs is 2. The third kappa shape index (κ3) is 4.35. The quantitative estimate of drug-likeness (QED) is 0.568. The molecule has 1 saturated carbocycles. The molecule has 2 heterocycles. The normalized spacial score (nSPS) is 22.6. The van der Waals surface area contributed by atoms with Gasteiger partial charge in [0, 0.05) is 17.9 Å². The molecule has 1 aliphatic heterocycles. The van der Waals surface area contributed by atoms with Crippen molar-refractivity contribution < 1.29 is 19.1 Å². The molecule has 0 spiro atoms. The van der Waals surface area contributed by atoms with E-state index < -0.39 is 0 Å². The minimum atomic E-state index is -0.295. The van der Waals surface area contributed by atoms with Crippen LogP contribution in [0.15, 0.2) is 48.5 Å². The Morgan fingerprint density at radius 1 is 1.06 bits per heavy atom. The molecule has 166 valence electrons. The monoisotopic (exact) mass is 450 g/mol. The van der Waals surface area contributed by atoms with Crippen molar-refractivity contribution >= 4 is 33.4 Å². The van der Waals surface area contributed by atoms with E-state index in [0.29, 0.717) is 13.0 Å². The molecule has 1 aromatic heterocycles. The fourth-order valence-corrected chi connectivity index (χ4v) is 5.90. The van der Waals surface area contributed by atoms with Crippen molar-refractivity contribution in [3.05, 3.63) is 59.1 Å². The van der Waals surface area contributed by atoms with Crippen LogP contribution < -0.4 is 10.1 Å². The molecule has 32 heavy (non-hydrogen) atoms. The summed E-state index contributed by atoms with van der Waals surface area (Å²) in [5.41, 5.74) is 1.93. The van der Waals surface area contributed by atoms with E-state index in [4.69, 9.17) is 14.5 Å². The standard InChI is InChI=1S/C25H26N2O4S/c28-23(26-19-13-14-30-21-11-5-3-9-18(19)21)15-31-25(29)17-8-2-1-7-16(17)24-27-20-10-4-6-12-22(20)32-24/h3-6,9-12,16-17,19H,1-2,7-8,13-15H2,(H,26,28). The van der Waals surface area contributed by atoms with Gasteiger partial charge in [-0.3, -0.25) is 9.59 Å². The number of amides is 1. The Hall–Kier alpha value is -2.93. The van der Waals surface area contributed by atoms with E-state index in [1.165, 1.54) is 0 Å². The second-order valence-corrected chi connectivity index (χ2v) is 9.48. The van der Waals surface area contributed by atoms with Crippen LogP contribution in [0.2, 0.25) is 0 Å². The lowest BCUT2D eigenvalue weighted by Gasteiger charge is -2.29. The molecule has 2 aromatic carbocycles. The van der Waals surface area contributed by atoms with Gasteiger partial charge in [-0.25, -0.2) is 4.98 Å². The number of rotatable bonds is 5. The lowest BCUT2D eigenvalue weighted by molar-refractivity contribution is -0.154. The zero-order valence-corrected chi connectivity index (χ0v) is 18.6. The predicted molar refractivity (Wildman–Crippen MR) is 123 cm³/mol. The lowest BCUT2D eigenvalue weighted by Crippen LogP contribution is -2.36. The number of hydrogen-bond acceptors (Lipinski definition) is 6. The number of ether oxygens (including phenoxy) is 2. The highest BCUT2D eigenvalue weighted by Crippen LogP contribution is 2.41. The topological polar surface area (TPSA) is 77.5 Å². The van der Waals surface area contributed by atoms with Crippen LogP contribution >= 0.6 is 11.3 Å². The first kappa shape index (κ1) is 20.9. The van der Waals surface area contributed by atoms with Crippen LogP contribution in [0.4, 0.5) is 0 Å². The van der Waals surface area contributed by atoms with E-state index in [1.807, 2.05) is 42.5 Å². The summed E-state index contributed by atoms with van der Waals surface area (Å²) in [4.78, 5) is 30.3. The minimum Gasteiger partial charge on any atom is -0.493 e. The maximum atomic E-state index is 12.9. The number of esters is 1. The Bertz CT molecular complexity index is 1090. The molecule has 1 N–H and O–H groups in total. The van der Waals surface area contributed by atoms with Crippen molar-refractivity contribution in [1.82, 2.24) is 10.3 Å². The molecule has 3 unspecified atom stereocenters. The number of hydrogen-bond donors (Lipinski definition) is 1. The minimum absolute atomic E-state index is 0.0547. The zero-order chi connectivity index (χ0) is 21.9. The molecule has 5 rings (SSSR count). The van der Waals surface area contributed by atoms with Gasteiger partial charge >= 0.3 is 5.97 Å². The number of nitrogens with zero attached hydrogens (tertiary/aromatic N) is 1. The maximum Gasteiger partial charge on any atom is 0.310 e. The number of thiazole rings is 1. The van der Waals surface area contributed by atoms with Crippen LogP contribution in [0.1, 0.15) is 54.6 Å². The Labute approximate surface area is 190 Å². The van der Waals surface area contributed by atoms with Crippen molar-refractivity contribution in [3.8, 4) is 5.75 Å². The van der Waals surface area contributed by atoms with Gasteiger partial charge in [-0.1, -0.05) is 43.2 Å². The third-order valence-electron chi connectivity index (χ3n) is 6.34. The van der Waals surface area contributed by atoms with Crippen LogP contribution in [0, 0.1) is 5.92 Å². The SMILES string of the molecule is O=C(COC(=O)C1CCCCC1c1nc2ccccc2s1)NC1CCOc2ccccc21. The van der Waals surface area contributed by atoms with Gasteiger partial charge in [0.2, 0.25) is 0 Å². The molecule has 7 heteroatoms. The fraction of sp³-hybridized carbons (Fsp3) is 0.400. The Kier molecular flexibility index (Phi) is 6.08. The van der Waals surface area contributed by atoms with Crippen molar-refractivity contribution in [2.24, 2.45) is 5.92 Å². The van der Waals surface area contributed by atoms with Gasteiger partial charge < -0.3 is 14.8 Å². The number of benzene rings is 2. The van der Waals surface area contributed by atoms with Gasteiger partial charge in [0.25, 0.3) is 5.91 Å². The van der Waals surface area contributed by atoms with Crippen molar-refractivity contribution in [1.29, 1.82) is 0 Å². The van der Waals surface area contributed by atoms with Gasteiger partial charge in [0.05, 0.1) is 33.8 Å². The molecule has 2 aliphatic rings. The highest BCUT2D eigenvalue weighted by molar-refractivity contribution is 7.18. The maximum absolute atomic E-state index is 12.9. The molecular weight excluding hydrogens is 424 g/mol. The Balaban J connectivity index is 1.21. The molecule has 1 amide bonds. The van der Waals surface area contributed by atoms with Crippen molar-refractivity contribution in [3.63, 3.8) is 0 Å². The van der Waals surface area contributed by atoms with E-state index in [-0.39, 0.29) is 36.4 Å². The molecule has 6 nitrogen and oxygen atoms in total. The van der Waals surface area contributed by atoms with E-state index in [0.717, 1.165) is 52.2 Å². The number of carbonyl (C=O) groups excluding carboxylic acids is 2. The molecule has 0 saturated heterocycles. The molecule has 1 aliphatic carbocycles. The second kappa shape index (κ2) is 9.28. The van der Waals surface area contributed by atoms with E-state index in [2.05, 4.69) is 11.4 Å². The summed E-state index contributed by atoms with van der Waals surface area (Å²) in [7, 11) is 0. The highest BCUT2D eigenvalue weighted by Gasteiger charge is 2.35. The third-order valence-corrected chi connectivity index (χ3v) is 7.50. The molecular formula is C25H26N2O4S. The summed E-state index contributed by atoms with van der Waals surface area (Å²) >= 11 is 1.66. The number of nitrogens with one attached hydrogen (secondary N) is 1. The highest BCUT2D eigenvalue weighted by atomic mass is 32.1. The van der Waals surface area contributed by atoms with Gasteiger partial charge in [-0.2, -0.15) is 0 Å². The van der Waals surface area contributed by atoms with Gasteiger partial charge in [-0.05, 0) is 31.0 Å². The summed E-state index contributed by atoms with van der Waals surface area (Å²) in [6.45, 7) is 0.287. The second-order valence-electron chi connectivity index (χ2n) is 8.42. The van der Waals surface area contributed by atoms with Crippen LogP contribution in [0.5, 0.6) is 5.75 Å². The number of carbonyl (C=O) groups is 2. The lowest BCUT2D eigenvalue weighted by atomic mass is 9.79. The summed E-state index contributed by atoms with van der Waals surface area (Å²) in [6.07, 6.45) is 4.46. The summed E-state index contributed by atoms with van der Waals surface area (Å²) in [5.74, 6) is 0.0193. The Morgan fingerprint density at radius 2 is 1.88 bits per heavy atom. The van der Waals surface area contributed by atoms with Crippen LogP contribution in [-0.2, 0) is 14.3 Å². The first-order valence-electron chi connectivity index (χ1n) is 11.2. The van der Waals surface area contributed by atoms with Gasteiger partial charge in [-0.15, -0.1) is 11.3 Å². The van der Waals surface area contributed by atoms with E-state index >= 15 is 0 Å². The molecule has 3 aromatic rings. The summed E-state index contributed by atoms with van der Waals surface area (Å²) < 4.78 is 12.3. The smallest absolute Gasteiger partial charge is 0.310 e. The van der Waals surface area contributed by atoms with Gasteiger partial charge in [0.1, 0.15) is 5.75 Å². The Morgan fingerprint density at radius 3 is 2.78 bits per heavy atom. The van der Waals surface area contributed by atoms with Crippen LogP contribution in [0.3, 0.4) is 0 Å². The molecule has 3 atom stereocenters. The van der Waals surface area contributed by atoms with Crippen molar-refractivity contribution in [2.75, 3.05) is 13.2 Å². The van der Waals surface area contributed by atoms with E-state index in [1.54, 1.807) is 11.3 Å². The largest absolute Gasteiger partial charge is 0.493 e. The summed E-state index contributed by atoms with van der Waals surface area (Å²) in [5, 5.41) is 3.98. The number of para-hydroxylation sites is 2. The fourth-order valence-electron chi connectivity index (χ4n) is 4.73. The first-order chi connectivity index (χ1) is 15.7. The molecule has 0 radical (unpaired) electrons. The average molecular weight is 451 g/mol. The van der Waals surface area contributed by atoms with Crippen molar-refractivity contribution in [2.45, 2.75) is 44.1 Å². The van der Waals surface area contributed by atoms with Gasteiger partial charge in [0.15, 0.2) is 6.61 Å². The van der Waals surface area contributed by atoms with Crippen LogP contribution in [-0.4, -0.2) is 30.1 Å². The van der Waals surface area contributed by atoms with Crippen LogP contribution in [0.25, 0.3) is 10.2 Å². The predicted octanol–water partition coefficient (Wildman–Crippen LogP) is 4.75. The zero-order valence-electron chi connectivity index (χ0n) is 17.8. The molecule has 1 fully saturated rings. The summed E-state index contributed by atoms with van der Waals surface area (Å²) in [6, 6.07) is 15.6.